The lowest BCUT2D eigenvalue weighted by Crippen LogP contribution is -2.39. The van der Waals surface area contributed by atoms with Gasteiger partial charge >= 0.3 is 0 Å². The molecule has 0 saturated carbocycles. The summed E-state index contributed by atoms with van der Waals surface area (Å²) < 4.78 is 0. The molecule has 114 valence electrons. The summed E-state index contributed by atoms with van der Waals surface area (Å²) in [4.78, 5) is 14.2. The number of hydrogen-bond donors (Lipinski definition) is 1. The molecule has 0 bridgehead atoms. The van der Waals surface area contributed by atoms with Gasteiger partial charge in [0.1, 0.15) is 6.04 Å². The number of rotatable bonds is 4. The Morgan fingerprint density at radius 2 is 1.82 bits per heavy atom. The van der Waals surface area contributed by atoms with E-state index in [4.69, 9.17) is 0 Å². The predicted octanol–water partition coefficient (Wildman–Crippen LogP) is 3.64. The standard InChI is InChI=1S/C19H22N2O/c1-14(19(22)21(2)18-9-4-3-5-10-18)20-17-12-11-15-7-6-8-16(15)13-17/h3-5,9-14,20H,6-8H2,1-2H3/t14-/m1/s1. The van der Waals surface area contributed by atoms with Crippen molar-refractivity contribution in [2.45, 2.75) is 32.2 Å². The Balaban J connectivity index is 1.69. The first-order valence-corrected chi connectivity index (χ1v) is 7.86. The molecular formula is C19H22N2O. The van der Waals surface area contributed by atoms with Crippen LogP contribution in [0.15, 0.2) is 48.5 Å². The highest BCUT2D eigenvalue weighted by Gasteiger charge is 2.19. The number of nitrogens with one attached hydrogen (secondary N) is 1. The number of likely N-dealkylation sites (N-methyl/N-ethyl adjacent to an activating group) is 1. The molecule has 0 saturated heterocycles. The number of benzene rings is 2. The van der Waals surface area contributed by atoms with Crippen molar-refractivity contribution in [1.29, 1.82) is 0 Å². The van der Waals surface area contributed by atoms with E-state index in [-0.39, 0.29) is 11.9 Å². The van der Waals surface area contributed by atoms with Gasteiger partial charge in [-0.05, 0) is 61.6 Å². The number of amides is 1. The van der Waals surface area contributed by atoms with E-state index < -0.39 is 0 Å². The van der Waals surface area contributed by atoms with Crippen LogP contribution >= 0.6 is 0 Å². The Morgan fingerprint density at radius 1 is 1.09 bits per heavy atom. The highest BCUT2D eigenvalue weighted by atomic mass is 16.2. The predicted molar refractivity (Wildman–Crippen MR) is 91.4 cm³/mol. The van der Waals surface area contributed by atoms with Crippen molar-refractivity contribution < 1.29 is 4.79 Å². The summed E-state index contributed by atoms with van der Waals surface area (Å²) in [5, 5.41) is 3.33. The molecule has 1 amide bonds. The van der Waals surface area contributed by atoms with Crippen LogP contribution in [0.1, 0.15) is 24.5 Å². The summed E-state index contributed by atoms with van der Waals surface area (Å²) in [6, 6.07) is 15.9. The van der Waals surface area contributed by atoms with Crippen LogP contribution in [0.5, 0.6) is 0 Å². The topological polar surface area (TPSA) is 32.3 Å². The Morgan fingerprint density at radius 3 is 2.59 bits per heavy atom. The number of anilines is 2. The maximum Gasteiger partial charge on any atom is 0.248 e. The molecule has 2 aromatic carbocycles. The highest BCUT2D eigenvalue weighted by molar-refractivity contribution is 5.98. The van der Waals surface area contributed by atoms with Crippen LogP contribution in [0, 0.1) is 0 Å². The van der Waals surface area contributed by atoms with Crippen LogP contribution in [-0.4, -0.2) is 19.0 Å². The second-order valence-corrected chi connectivity index (χ2v) is 5.94. The lowest BCUT2D eigenvalue weighted by Gasteiger charge is -2.23. The summed E-state index contributed by atoms with van der Waals surface area (Å²) in [5.41, 5.74) is 4.81. The minimum absolute atomic E-state index is 0.0618. The van der Waals surface area contributed by atoms with Gasteiger partial charge < -0.3 is 10.2 Å². The van der Waals surface area contributed by atoms with Gasteiger partial charge in [0.2, 0.25) is 5.91 Å². The van der Waals surface area contributed by atoms with Gasteiger partial charge in [-0.3, -0.25) is 4.79 Å². The van der Waals surface area contributed by atoms with E-state index in [1.54, 1.807) is 4.90 Å². The van der Waals surface area contributed by atoms with Gasteiger partial charge in [0, 0.05) is 18.4 Å². The van der Waals surface area contributed by atoms with E-state index in [1.807, 2.05) is 44.3 Å². The van der Waals surface area contributed by atoms with Crippen molar-refractivity contribution in [2.75, 3.05) is 17.3 Å². The number of hydrogen-bond acceptors (Lipinski definition) is 2. The molecule has 0 heterocycles. The van der Waals surface area contributed by atoms with Gasteiger partial charge in [0.05, 0.1) is 0 Å². The Bertz CT molecular complexity index is 666. The molecule has 2 aromatic rings. The summed E-state index contributed by atoms with van der Waals surface area (Å²) >= 11 is 0. The molecule has 3 nitrogen and oxygen atoms in total. The lowest BCUT2D eigenvalue weighted by atomic mass is 10.1. The highest BCUT2D eigenvalue weighted by Crippen LogP contribution is 2.25. The Labute approximate surface area is 132 Å². The fourth-order valence-corrected chi connectivity index (χ4v) is 3.04. The largest absolute Gasteiger partial charge is 0.374 e. The van der Waals surface area contributed by atoms with E-state index in [9.17, 15) is 4.79 Å². The first-order chi connectivity index (χ1) is 10.6. The molecule has 1 atom stereocenters. The number of para-hydroxylation sites is 1. The molecule has 0 radical (unpaired) electrons. The molecule has 0 spiro atoms. The molecule has 22 heavy (non-hydrogen) atoms. The van der Waals surface area contributed by atoms with Crippen LogP contribution in [0.2, 0.25) is 0 Å². The van der Waals surface area contributed by atoms with Crippen molar-refractivity contribution in [3.05, 3.63) is 59.7 Å². The van der Waals surface area contributed by atoms with Crippen LogP contribution in [0.3, 0.4) is 0 Å². The minimum atomic E-state index is -0.260. The van der Waals surface area contributed by atoms with Crippen molar-refractivity contribution in [1.82, 2.24) is 0 Å². The van der Waals surface area contributed by atoms with E-state index in [0.717, 1.165) is 17.8 Å². The molecule has 3 rings (SSSR count). The van der Waals surface area contributed by atoms with Crippen molar-refractivity contribution in [3.8, 4) is 0 Å². The second-order valence-electron chi connectivity index (χ2n) is 5.94. The average molecular weight is 294 g/mol. The van der Waals surface area contributed by atoms with E-state index >= 15 is 0 Å². The van der Waals surface area contributed by atoms with Gasteiger partial charge in [0.25, 0.3) is 0 Å². The molecule has 1 aliphatic rings. The zero-order valence-electron chi connectivity index (χ0n) is 13.2. The summed E-state index contributed by atoms with van der Waals surface area (Å²) in [6.07, 6.45) is 3.57. The third kappa shape index (κ3) is 2.98. The number of nitrogens with zero attached hydrogens (tertiary/aromatic N) is 1. The average Bonchev–Trinajstić information content (AvgIpc) is 3.02. The molecule has 1 aliphatic carbocycles. The van der Waals surface area contributed by atoms with Crippen molar-refractivity contribution in [2.24, 2.45) is 0 Å². The summed E-state index contributed by atoms with van der Waals surface area (Å²) in [6.45, 7) is 1.91. The normalized spacial score (nSPS) is 14.3. The fraction of sp³-hybridized carbons (Fsp3) is 0.316. The van der Waals surface area contributed by atoms with Gasteiger partial charge in [-0.15, -0.1) is 0 Å². The van der Waals surface area contributed by atoms with Gasteiger partial charge in [0.15, 0.2) is 0 Å². The minimum Gasteiger partial charge on any atom is -0.374 e. The molecule has 0 aromatic heterocycles. The quantitative estimate of drug-likeness (QED) is 0.933. The van der Waals surface area contributed by atoms with Gasteiger partial charge in [-0.25, -0.2) is 0 Å². The zero-order valence-corrected chi connectivity index (χ0v) is 13.2. The maximum atomic E-state index is 12.5. The number of carbonyl (C=O) groups excluding carboxylic acids is 1. The molecule has 0 aliphatic heterocycles. The van der Waals surface area contributed by atoms with Gasteiger partial charge in [-0.1, -0.05) is 24.3 Å². The third-order valence-corrected chi connectivity index (χ3v) is 4.33. The zero-order chi connectivity index (χ0) is 15.5. The van der Waals surface area contributed by atoms with E-state index in [0.29, 0.717) is 0 Å². The van der Waals surface area contributed by atoms with Crippen molar-refractivity contribution in [3.63, 3.8) is 0 Å². The Kier molecular flexibility index (Phi) is 4.14. The van der Waals surface area contributed by atoms with Gasteiger partial charge in [-0.2, -0.15) is 0 Å². The van der Waals surface area contributed by atoms with E-state index in [1.165, 1.54) is 24.0 Å². The molecule has 3 heteroatoms. The number of carbonyl (C=O) groups is 1. The summed E-state index contributed by atoms with van der Waals surface area (Å²) in [5.74, 6) is 0.0618. The lowest BCUT2D eigenvalue weighted by molar-refractivity contribution is -0.118. The van der Waals surface area contributed by atoms with Crippen molar-refractivity contribution >= 4 is 17.3 Å². The SMILES string of the molecule is C[C@@H](Nc1ccc2c(c1)CCC2)C(=O)N(C)c1ccccc1. The fourth-order valence-electron chi connectivity index (χ4n) is 3.04. The van der Waals surface area contributed by atoms with Crippen LogP contribution in [0.4, 0.5) is 11.4 Å². The Hall–Kier alpha value is -2.29. The molecule has 1 N–H and O–H groups in total. The first kappa shape index (κ1) is 14.6. The van der Waals surface area contributed by atoms with Crippen LogP contribution in [0.25, 0.3) is 0 Å². The maximum absolute atomic E-state index is 12.5. The third-order valence-electron chi connectivity index (χ3n) is 4.33. The smallest absolute Gasteiger partial charge is 0.248 e. The summed E-state index contributed by atoms with van der Waals surface area (Å²) in [7, 11) is 1.82. The van der Waals surface area contributed by atoms with Crippen LogP contribution < -0.4 is 10.2 Å². The van der Waals surface area contributed by atoms with Crippen LogP contribution in [-0.2, 0) is 17.6 Å². The molecule has 0 unspecified atom stereocenters. The molecular weight excluding hydrogens is 272 g/mol. The number of aryl methyl sites for hydroxylation is 2. The van der Waals surface area contributed by atoms with E-state index in [2.05, 4.69) is 23.5 Å². The molecule has 0 fully saturated rings. The first-order valence-electron chi connectivity index (χ1n) is 7.86. The monoisotopic (exact) mass is 294 g/mol. The second kappa shape index (κ2) is 6.22. The number of fused-ring (bicyclic) bond motifs is 1.